The molecule has 0 bridgehead atoms. The van der Waals surface area contributed by atoms with Gasteiger partial charge in [0.15, 0.2) is 6.04 Å². The average molecular weight is 412 g/mol. The SMILES string of the molecule is COC(=O)C(Cc1c[nH]c2ccccc12)N=Cc1c(O)n(C(C)(C)C)c(=O)[nH]c1=O. The lowest BCUT2D eigenvalue weighted by molar-refractivity contribution is -0.142. The number of aromatic amines is 2. The van der Waals surface area contributed by atoms with Gasteiger partial charge >= 0.3 is 11.7 Å². The molecule has 9 heteroatoms. The first-order valence-electron chi connectivity index (χ1n) is 9.38. The highest BCUT2D eigenvalue weighted by molar-refractivity contribution is 5.87. The molecule has 0 radical (unpaired) electrons. The van der Waals surface area contributed by atoms with Crippen LogP contribution in [0.4, 0.5) is 0 Å². The molecule has 1 aromatic carbocycles. The Morgan fingerprint density at radius 1 is 1.30 bits per heavy atom. The Bertz CT molecular complexity index is 1230. The molecule has 158 valence electrons. The minimum atomic E-state index is -0.942. The van der Waals surface area contributed by atoms with E-state index >= 15 is 0 Å². The van der Waals surface area contributed by atoms with E-state index in [0.29, 0.717) is 0 Å². The molecule has 3 rings (SSSR count). The van der Waals surface area contributed by atoms with E-state index in [1.807, 2.05) is 24.3 Å². The average Bonchev–Trinajstić information content (AvgIpc) is 3.07. The topological polar surface area (TPSA) is 130 Å². The maximum Gasteiger partial charge on any atom is 0.331 e. The van der Waals surface area contributed by atoms with Gasteiger partial charge in [0, 0.05) is 35.3 Å². The van der Waals surface area contributed by atoms with Gasteiger partial charge in [0.05, 0.1) is 7.11 Å². The molecule has 0 spiro atoms. The number of para-hydroxylation sites is 1. The zero-order valence-electron chi connectivity index (χ0n) is 17.2. The van der Waals surface area contributed by atoms with E-state index in [-0.39, 0.29) is 12.0 Å². The predicted molar refractivity (Wildman–Crippen MR) is 113 cm³/mol. The van der Waals surface area contributed by atoms with E-state index in [2.05, 4.69) is 15.0 Å². The molecule has 3 N–H and O–H groups in total. The Hall–Kier alpha value is -3.62. The molecule has 30 heavy (non-hydrogen) atoms. The molecule has 3 aromatic rings. The number of nitrogens with zero attached hydrogens (tertiary/aromatic N) is 2. The molecular formula is C21H24N4O5. The van der Waals surface area contributed by atoms with Crippen molar-refractivity contribution in [3.8, 4) is 5.88 Å². The van der Waals surface area contributed by atoms with Gasteiger partial charge < -0.3 is 14.8 Å². The van der Waals surface area contributed by atoms with Crippen LogP contribution in [-0.4, -0.2) is 45.0 Å². The molecule has 0 saturated heterocycles. The monoisotopic (exact) mass is 412 g/mol. The van der Waals surface area contributed by atoms with Crippen LogP contribution in [0.3, 0.4) is 0 Å². The minimum Gasteiger partial charge on any atom is -0.494 e. The van der Waals surface area contributed by atoms with Gasteiger partial charge in [-0.15, -0.1) is 0 Å². The third kappa shape index (κ3) is 4.05. The quantitative estimate of drug-likeness (QED) is 0.434. The van der Waals surface area contributed by atoms with Crippen LogP contribution in [0.5, 0.6) is 5.88 Å². The molecule has 9 nitrogen and oxygen atoms in total. The van der Waals surface area contributed by atoms with Crippen molar-refractivity contribution in [2.75, 3.05) is 7.11 Å². The van der Waals surface area contributed by atoms with E-state index in [1.54, 1.807) is 27.0 Å². The Morgan fingerprint density at radius 2 is 2.00 bits per heavy atom. The minimum absolute atomic E-state index is 0.211. The number of carbonyl (C=O) groups excluding carboxylic acids is 1. The summed E-state index contributed by atoms with van der Waals surface area (Å²) < 4.78 is 5.91. The lowest BCUT2D eigenvalue weighted by Crippen LogP contribution is -2.40. The summed E-state index contributed by atoms with van der Waals surface area (Å²) in [7, 11) is 1.25. The molecular weight excluding hydrogens is 388 g/mol. The first-order chi connectivity index (χ1) is 14.1. The number of rotatable bonds is 5. The highest BCUT2D eigenvalue weighted by Gasteiger charge is 2.24. The Kier molecular flexibility index (Phi) is 5.64. The largest absolute Gasteiger partial charge is 0.494 e. The number of methoxy groups -OCH3 is 1. The van der Waals surface area contributed by atoms with Crippen LogP contribution >= 0.6 is 0 Å². The number of hydrogen-bond acceptors (Lipinski definition) is 6. The van der Waals surface area contributed by atoms with Crippen molar-refractivity contribution >= 4 is 23.1 Å². The van der Waals surface area contributed by atoms with Gasteiger partial charge in [0.2, 0.25) is 5.88 Å². The van der Waals surface area contributed by atoms with Crippen LogP contribution in [-0.2, 0) is 21.5 Å². The van der Waals surface area contributed by atoms with Crippen LogP contribution in [0.25, 0.3) is 10.9 Å². The van der Waals surface area contributed by atoms with Crippen molar-refractivity contribution in [1.29, 1.82) is 0 Å². The first-order valence-corrected chi connectivity index (χ1v) is 9.38. The summed E-state index contributed by atoms with van der Waals surface area (Å²) >= 11 is 0. The Balaban J connectivity index is 2.01. The summed E-state index contributed by atoms with van der Waals surface area (Å²) in [4.78, 5) is 46.2. The number of nitrogens with one attached hydrogen (secondary N) is 2. The second-order valence-corrected chi connectivity index (χ2v) is 7.88. The van der Waals surface area contributed by atoms with Gasteiger partial charge in [-0.3, -0.25) is 19.3 Å². The van der Waals surface area contributed by atoms with Gasteiger partial charge in [-0.1, -0.05) is 18.2 Å². The highest BCUT2D eigenvalue weighted by Crippen LogP contribution is 2.21. The lowest BCUT2D eigenvalue weighted by atomic mass is 10.1. The Labute approximate surface area is 172 Å². The zero-order valence-corrected chi connectivity index (χ0v) is 17.2. The van der Waals surface area contributed by atoms with Crippen LogP contribution in [0.2, 0.25) is 0 Å². The van der Waals surface area contributed by atoms with Crippen LogP contribution in [0.15, 0.2) is 45.0 Å². The van der Waals surface area contributed by atoms with Crippen LogP contribution in [0, 0.1) is 0 Å². The van der Waals surface area contributed by atoms with E-state index in [0.717, 1.165) is 27.2 Å². The molecule has 0 fully saturated rings. The third-order valence-electron chi connectivity index (χ3n) is 4.74. The number of aromatic hydroxyl groups is 1. The second kappa shape index (κ2) is 8.02. The van der Waals surface area contributed by atoms with Crippen molar-refractivity contribution in [1.82, 2.24) is 14.5 Å². The van der Waals surface area contributed by atoms with Crippen molar-refractivity contribution < 1.29 is 14.6 Å². The summed E-state index contributed by atoms with van der Waals surface area (Å²) in [5.41, 5.74) is -0.734. The van der Waals surface area contributed by atoms with Gasteiger partial charge in [0.25, 0.3) is 5.56 Å². The molecule has 1 atom stereocenters. The van der Waals surface area contributed by atoms with Crippen molar-refractivity contribution in [2.45, 2.75) is 38.8 Å². The fourth-order valence-electron chi connectivity index (χ4n) is 3.28. The Morgan fingerprint density at radius 3 is 2.67 bits per heavy atom. The van der Waals surface area contributed by atoms with E-state index < -0.39 is 34.7 Å². The summed E-state index contributed by atoms with van der Waals surface area (Å²) in [6, 6.07) is 6.70. The summed E-state index contributed by atoms with van der Waals surface area (Å²) in [6.45, 7) is 5.13. The van der Waals surface area contributed by atoms with Gasteiger partial charge in [-0.05, 0) is 32.4 Å². The molecule has 2 aromatic heterocycles. The van der Waals surface area contributed by atoms with Crippen molar-refractivity contribution in [3.05, 3.63) is 62.4 Å². The molecule has 0 aliphatic rings. The zero-order chi connectivity index (χ0) is 22.1. The number of aromatic nitrogens is 3. The summed E-state index contributed by atoms with van der Waals surface area (Å²) in [5.74, 6) is -1.10. The second-order valence-electron chi connectivity index (χ2n) is 7.88. The van der Waals surface area contributed by atoms with Crippen molar-refractivity contribution in [2.24, 2.45) is 4.99 Å². The molecule has 2 heterocycles. The molecule has 1 unspecified atom stereocenters. The highest BCUT2D eigenvalue weighted by atomic mass is 16.5. The number of benzene rings is 1. The fraction of sp³-hybridized carbons (Fsp3) is 0.333. The number of hydrogen-bond donors (Lipinski definition) is 3. The number of carbonyl (C=O) groups is 1. The van der Waals surface area contributed by atoms with E-state index in [1.165, 1.54) is 7.11 Å². The fourth-order valence-corrected chi connectivity index (χ4v) is 3.28. The maximum atomic E-state index is 12.3. The predicted octanol–water partition coefficient (Wildman–Crippen LogP) is 1.68. The van der Waals surface area contributed by atoms with Crippen LogP contribution < -0.4 is 11.2 Å². The van der Waals surface area contributed by atoms with Gasteiger partial charge in [-0.2, -0.15) is 0 Å². The van der Waals surface area contributed by atoms with Crippen LogP contribution in [0.1, 0.15) is 31.9 Å². The molecule has 0 amide bonds. The smallest absolute Gasteiger partial charge is 0.331 e. The summed E-state index contributed by atoms with van der Waals surface area (Å²) in [5, 5.41) is 11.5. The molecule has 0 saturated carbocycles. The maximum absolute atomic E-state index is 12.3. The first kappa shape index (κ1) is 21.1. The third-order valence-corrected chi connectivity index (χ3v) is 4.74. The number of fused-ring (bicyclic) bond motifs is 1. The van der Waals surface area contributed by atoms with E-state index in [9.17, 15) is 19.5 Å². The number of esters is 1. The molecule has 0 aliphatic carbocycles. The standard InChI is InChI=1S/C21H24N4O5/c1-21(2,3)25-18(27)14(17(26)24-20(25)29)11-23-16(19(28)30-4)9-12-10-22-15-8-6-5-7-13(12)15/h5-8,10-11,16,22,27H,9H2,1-4H3,(H,24,26,29). The number of H-pyrrole nitrogens is 2. The number of ether oxygens (including phenoxy) is 1. The van der Waals surface area contributed by atoms with E-state index in [4.69, 9.17) is 4.74 Å². The number of aliphatic imine (C=N–C) groups is 1. The lowest BCUT2D eigenvalue weighted by Gasteiger charge is -2.23. The van der Waals surface area contributed by atoms with Crippen molar-refractivity contribution in [3.63, 3.8) is 0 Å². The van der Waals surface area contributed by atoms with Gasteiger partial charge in [0.1, 0.15) is 5.56 Å². The molecule has 0 aliphatic heterocycles. The summed E-state index contributed by atoms with van der Waals surface area (Å²) in [6.07, 6.45) is 3.12. The van der Waals surface area contributed by atoms with Gasteiger partial charge in [-0.25, -0.2) is 9.59 Å². The normalized spacial score (nSPS) is 13.1.